The smallest absolute Gasteiger partial charge is 0.315 e. The van der Waals surface area contributed by atoms with Gasteiger partial charge in [-0.05, 0) is 6.92 Å². The number of aromatic amines is 1. The topological polar surface area (TPSA) is 89.6 Å². The number of anilines is 1. The summed E-state index contributed by atoms with van der Waals surface area (Å²) < 4.78 is 1.12. The molecule has 3 N–H and O–H groups in total. The fourth-order valence-electron chi connectivity index (χ4n) is 1.16. The van der Waals surface area contributed by atoms with Gasteiger partial charge in [0.15, 0.2) is 5.82 Å². The van der Waals surface area contributed by atoms with E-state index in [1.54, 1.807) is 19.2 Å². The third kappa shape index (κ3) is 1.26. The summed E-state index contributed by atoms with van der Waals surface area (Å²) in [5.74, 6) is 0.171. The Balaban J connectivity index is 2.41. The molecule has 0 fully saturated rings. The van der Waals surface area contributed by atoms with E-state index in [1.165, 1.54) is 6.20 Å². The fraction of sp³-hybridized carbons (Fsp3) is 0.125. The van der Waals surface area contributed by atoms with Gasteiger partial charge in [0.1, 0.15) is 5.82 Å². The van der Waals surface area contributed by atoms with E-state index >= 15 is 0 Å². The average molecular weight is 191 g/mol. The first kappa shape index (κ1) is 8.49. The van der Waals surface area contributed by atoms with Crippen molar-refractivity contribution in [2.24, 2.45) is 0 Å². The van der Waals surface area contributed by atoms with Crippen molar-refractivity contribution in [3.05, 3.63) is 30.0 Å². The summed E-state index contributed by atoms with van der Waals surface area (Å²) in [6, 6.07) is 1.63. The number of aryl methyl sites for hydroxylation is 1. The Labute approximate surface area is 79.8 Å². The third-order valence-corrected chi connectivity index (χ3v) is 1.75. The number of H-pyrrole nitrogens is 1. The molecule has 0 amide bonds. The molecule has 0 aliphatic carbocycles. The lowest BCUT2D eigenvalue weighted by Crippen LogP contribution is -2.17. The standard InChI is InChI=1S/C8H9N5O/c1-5-4-6(9)13(12-5)8(14)7-10-2-3-11-7/h2-4H,9H2,1H3,(H,10,11). The number of hydrogen-bond donors (Lipinski definition) is 2. The van der Waals surface area contributed by atoms with Crippen LogP contribution in [0.3, 0.4) is 0 Å². The first-order valence-electron chi connectivity index (χ1n) is 4.04. The van der Waals surface area contributed by atoms with Crippen LogP contribution < -0.4 is 5.73 Å². The van der Waals surface area contributed by atoms with Crippen molar-refractivity contribution in [1.29, 1.82) is 0 Å². The van der Waals surface area contributed by atoms with Gasteiger partial charge in [0.2, 0.25) is 0 Å². The Bertz CT molecular complexity index is 456. The molecular formula is C8H9N5O. The Morgan fingerprint density at radius 1 is 1.64 bits per heavy atom. The van der Waals surface area contributed by atoms with Crippen LogP contribution in [0.4, 0.5) is 5.82 Å². The largest absolute Gasteiger partial charge is 0.383 e. The molecule has 6 nitrogen and oxygen atoms in total. The second kappa shape index (κ2) is 2.99. The maximum atomic E-state index is 11.7. The zero-order valence-electron chi connectivity index (χ0n) is 7.56. The van der Waals surface area contributed by atoms with Crippen LogP contribution in [0.1, 0.15) is 16.3 Å². The molecule has 0 saturated heterocycles. The van der Waals surface area contributed by atoms with E-state index in [1.807, 2.05) is 0 Å². The molecule has 2 aromatic rings. The summed E-state index contributed by atoms with van der Waals surface area (Å²) >= 11 is 0. The van der Waals surface area contributed by atoms with Crippen LogP contribution in [-0.4, -0.2) is 25.7 Å². The molecule has 2 heterocycles. The molecule has 0 spiro atoms. The van der Waals surface area contributed by atoms with Gasteiger partial charge in [-0.25, -0.2) is 4.98 Å². The molecule has 72 valence electrons. The van der Waals surface area contributed by atoms with E-state index in [4.69, 9.17) is 5.73 Å². The van der Waals surface area contributed by atoms with Crippen molar-refractivity contribution in [1.82, 2.24) is 19.7 Å². The van der Waals surface area contributed by atoms with Crippen molar-refractivity contribution in [2.45, 2.75) is 6.92 Å². The van der Waals surface area contributed by atoms with Gasteiger partial charge in [0.05, 0.1) is 5.69 Å². The van der Waals surface area contributed by atoms with Crippen LogP contribution in [0.25, 0.3) is 0 Å². The maximum absolute atomic E-state index is 11.7. The van der Waals surface area contributed by atoms with Gasteiger partial charge in [0.25, 0.3) is 0 Å². The number of nitrogens with one attached hydrogen (secondary N) is 1. The van der Waals surface area contributed by atoms with Crippen LogP contribution in [0.2, 0.25) is 0 Å². The quantitative estimate of drug-likeness (QED) is 0.673. The normalized spacial score (nSPS) is 10.4. The monoisotopic (exact) mass is 191 g/mol. The number of nitrogen functional groups attached to an aromatic ring is 1. The van der Waals surface area contributed by atoms with Crippen LogP contribution in [0.5, 0.6) is 0 Å². The number of carbonyl (C=O) groups is 1. The van der Waals surface area contributed by atoms with Crippen LogP contribution in [0.15, 0.2) is 18.5 Å². The Hall–Kier alpha value is -2.11. The van der Waals surface area contributed by atoms with E-state index in [2.05, 4.69) is 15.1 Å². The third-order valence-electron chi connectivity index (χ3n) is 1.75. The molecule has 2 aromatic heterocycles. The molecule has 0 unspecified atom stereocenters. The zero-order valence-corrected chi connectivity index (χ0v) is 7.56. The first-order chi connectivity index (χ1) is 6.68. The van der Waals surface area contributed by atoms with E-state index in [9.17, 15) is 4.79 Å². The summed E-state index contributed by atoms with van der Waals surface area (Å²) in [5, 5.41) is 3.95. The van der Waals surface area contributed by atoms with Gasteiger partial charge in [-0.2, -0.15) is 9.78 Å². The average Bonchev–Trinajstić information content (AvgIpc) is 2.73. The predicted molar refractivity (Wildman–Crippen MR) is 49.7 cm³/mol. The summed E-state index contributed by atoms with van der Waals surface area (Å²) in [6.07, 6.45) is 3.07. The number of aromatic nitrogens is 4. The second-order valence-electron chi connectivity index (χ2n) is 2.87. The van der Waals surface area contributed by atoms with Crippen LogP contribution in [0, 0.1) is 6.92 Å². The number of rotatable bonds is 1. The summed E-state index contributed by atoms with van der Waals surface area (Å²) in [5.41, 5.74) is 6.28. The lowest BCUT2D eigenvalue weighted by Gasteiger charge is -1.98. The minimum Gasteiger partial charge on any atom is -0.383 e. The molecule has 0 radical (unpaired) electrons. The number of imidazole rings is 1. The van der Waals surface area contributed by atoms with Gasteiger partial charge in [-0.3, -0.25) is 4.79 Å². The highest BCUT2D eigenvalue weighted by Crippen LogP contribution is 2.06. The summed E-state index contributed by atoms with van der Waals surface area (Å²) in [6.45, 7) is 1.77. The molecule has 0 aromatic carbocycles. The lowest BCUT2D eigenvalue weighted by atomic mass is 10.5. The molecular weight excluding hydrogens is 182 g/mol. The first-order valence-corrected chi connectivity index (χ1v) is 4.04. The summed E-state index contributed by atoms with van der Waals surface area (Å²) in [7, 11) is 0. The molecule has 0 saturated carbocycles. The molecule has 0 bridgehead atoms. The van der Waals surface area contributed by atoms with Crippen LogP contribution >= 0.6 is 0 Å². The Morgan fingerprint density at radius 2 is 2.43 bits per heavy atom. The van der Waals surface area contributed by atoms with E-state index < -0.39 is 0 Å². The molecule has 6 heteroatoms. The molecule has 0 atom stereocenters. The van der Waals surface area contributed by atoms with E-state index in [-0.39, 0.29) is 11.7 Å². The van der Waals surface area contributed by atoms with Gasteiger partial charge in [0, 0.05) is 18.5 Å². The van der Waals surface area contributed by atoms with Crippen molar-refractivity contribution in [3.8, 4) is 0 Å². The summed E-state index contributed by atoms with van der Waals surface area (Å²) in [4.78, 5) is 18.2. The minimum absolute atomic E-state index is 0.222. The van der Waals surface area contributed by atoms with Crippen molar-refractivity contribution >= 4 is 11.7 Å². The van der Waals surface area contributed by atoms with Gasteiger partial charge in [-0.15, -0.1) is 0 Å². The maximum Gasteiger partial charge on any atom is 0.315 e. The van der Waals surface area contributed by atoms with E-state index in [0.717, 1.165) is 4.68 Å². The molecule has 0 aliphatic heterocycles. The predicted octanol–water partition coefficient (Wildman–Crippen LogP) is 0.185. The zero-order chi connectivity index (χ0) is 10.1. The van der Waals surface area contributed by atoms with Gasteiger partial charge >= 0.3 is 5.91 Å². The van der Waals surface area contributed by atoms with Gasteiger partial charge in [-0.1, -0.05) is 0 Å². The Morgan fingerprint density at radius 3 is 2.93 bits per heavy atom. The van der Waals surface area contributed by atoms with Crippen molar-refractivity contribution in [2.75, 3.05) is 5.73 Å². The molecule has 14 heavy (non-hydrogen) atoms. The molecule has 2 rings (SSSR count). The Kier molecular flexibility index (Phi) is 1.81. The number of carbonyl (C=O) groups excluding carboxylic acids is 1. The van der Waals surface area contributed by atoms with Crippen molar-refractivity contribution in [3.63, 3.8) is 0 Å². The number of nitrogens with zero attached hydrogens (tertiary/aromatic N) is 3. The number of hydrogen-bond acceptors (Lipinski definition) is 4. The van der Waals surface area contributed by atoms with Gasteiger partial charge < -0.3 is 10.7 Å². The highest BCUT2D eigenvalue weighted by atomic mass is 16.2. The highest BCUT2D eigenvalue weighted by molar-refractivity contribution is 5.93. The molecule has 0 aliphatic rings. The highest BCUT2D eigenvalue weighted by Gasteiger charge is 2.14. The van der Waals surface area contributed by atoms with Crippen molar-refractivity contribution < 1.29 is 4.79 Å². The minimum atomic E-state index is -0.361. The number of nitrogens with two attached hydrogens (primary N) is 1. The second-order valence-corrected chi connectivity index (χ2v) is 2.87. The SMILES string of the molecule is Cc1cc(N)n(C(=O)c2ncc[nH]2)n1. The van der Waals surface area contributed by atoms with E-state index in [0.29, 0.717) is 11.5 Å². The fourth-order valence-corrected chi connectivity index (χ4v) is 1.16. The lowest BCUT2D eigenvalue weighted by molar-refractivity contribution is 0.0938. The van der Waals surface area contributed by atoms with Crippen LogP contribution in [-0.2, 0) is 0 Å².